The lowest BCUT2D eigenvalue weighted by molar-refractivity contribution is -0.133. The summed E-state index contributed by atoms with van der Waals surface area (Å²) < 4.78 is 5.03. The highest BCUT2D eigenvalue weighted by Gasteiger charge is 2.25. The fourth-order valence-corrected chi connectivity index (χ4v) is 2.07. The Labute approximate surface area is 100.0 Å². The first-order valence-electron chi connectivity index (χ1n) is 5.59. The van der Waals surface area contributed by atoms with Crippen LogP contribution in [-0.2, 0) is 20.9 Å². The van der Waals surface area contributed by atoms with Crippen molar-refractivity contribution < 1.29 is 14.3 Å². The minimum absolute atomic E-state index is 0.00726. The molecule has 0 saturated carbocycles. The van der Waals surface area contributed by atoms with E-state index in [9.17, 15) is 9.59 Å². The average molecular weight is 233 g/mol. The van der Waals surface area contributed by atoms with Gasteiger partial charge in [0.15, 0.2) is 0 Å². The second kappa shape index (κ2) is 5.10. The first-order valence-corrected chi connectivity index (χ1v) is 5.59. The predicted molar refractivity (Wildman–Crippen MR) is 62.3 cm³/mol. The maximum absolute atomic E-state index is 11.3. The average Bonchev–Trinajstić information content (AvgIpc) is 2.29. The van der Waals surface area contributed by atoms with E-state index in [4.69, 9.17) is 4.74 Å². The fourth-order valence-electron chi connectivity index (χ4n) is 2.07. The van der Waals surface area contributed by atoms with Crippen LogP contribution in [0.1, 0.15) is 29.9 Å². The number of amides is 2. The minimum atomic E-state index is -0.188. The summed E-state index contributed by atoms with van der Waals surface area (Å²) in [6.45, 7) is 0.574. The number of nitrogens with one attached hydrogen (secondary N) is 1. The second-order valence-corrected chi connectivity index (χ2v) is 4.25. The van der Waals surface area contributed by atoms with E-state index in [1.54, 1.807) is 7.11 Å². The normalized spacial score (nSPS) is 17.0. The number of rotatable bonds is 3. The van der Waals surface area contributed by atoms with E-state index in [0.717, 1.165) is 11.1 Å². The molecule has 90 valence electrons. The van der Waals surface area contributed by atoms with Gasteiger partial charge in [0, 0.05) is 25.9 Å². The van der Waals surface area contributed by atoms with E-state index >= 15 is 0 Å². The smallest absolute Gasteiger partial charge is 0.227 e. The molecular weight excluding hydrogens is 218 g/mol. The zero-order valence-electron chi connectivity index (χ0n) is 9.73. The molecule has 2 amide bonds. The molecule has 1 aliphatic rings. The highest BCUT2D eigenvalue weighted by molar-refractivity contribution is 5.98. The Bertz CT molecular complexity index is 409. The molecule has 1 fully saturated rings. The van der Waals surface area contributed by atoms with E-state index < -0.39 is 0 Å². The standard InChI is InChI=1S/C13H15NO3/c1-17-8-9-2-4-10(5-3-9)11-6-12(15)14-13(16)7-11/h2-5,11H,6-8H2,1H3,(H,14,15,16). The number of methoxy groups -OCH3 is 1. The molecule has 1 heterocycles. The largest absolute Gasteiger partial charge is 0.380 e. The molecule has 1 aliphatic heterocycles. The van der Waals surface area contributed by atoms with Gasteiger partial charge in [0.2, 0.25) is 11.8 Å². The summed E-state index contributed by atoms with van der Waals surface area (Å²) in [6.07, 6.45) is 0.769. The summed E-state index contributed by atoms with van der Waals surface area (Å²) in [5.74, 6) is -0.368. The maximum atomic E-state index is 11.3. The highest BCUT2D eigenvalue weighted by atomic mass is 16.5. The Morgan fingerprint density at radius 1 is 1.18 bits per heavy atom. The van der Waals surface area contributed by atoms with Crippen molar-refractivity contribution in [3.05, 3.63) is 35.4 Å². The quantitative estimate of drug-likeness (QED) is 0.802. The van der Waals surface area contributed by atoms with Gasteiger partial charge in [-0.05, 0) is 11.1 Å². The van der Waals surface area contributed by atoms with Crippen LogP contribution in [0.25, 0.3) is 0 Å². The summed E-state index contributed by atoms with van der Waals surface area (Å²) >= 11 is 0. The van der Waals surface area contributed by atoms with Gasteiger partial charge in [-0.25, -0.2) is 0 Å². The van der Waals surface area contributed by atoms with Gasteiger partial charge in [0.25, 0.3) is 0 Å². The summed E-state index contributed by atoms with van der Waals surface area (Å²) in [5, 5.41) is 2.31. The zero-order chi connectivity index (χ0) is 12.3. The van der Waals surface area contributed by atoms with Crippen LogP contribution in [0.3, 0.4) is 0 Å². The van der Waals surface area contributed by atoms with Gasteiger partial charge < -0.3 is 4.74 Å². The van der Waals surface area contributed by atoms with Gasteiger partial charge in [-0.1, -0.05) is 24.3 Å². The fraction of sp³-hybridized carbons (Fsp3) is 0.385. The number of carbonyl (C=O) groups excluding carboxylic acids is 2. The maximum Gasteiger partial charge on any atom is 0.227 e. The lowest BCUT2D eigenvalue weighted by Gasteiger charge is -2.21. The van der Waals surface area contributed by atoms with Crippen molar-refractivity contribution in [2.24, 2.45) is 0 Å². The molecule has 17 heavy (non-hydrogen) atoms. The van der Waals surface area contributed by atoms with Crippen LogP contribution in [0.2, 0.25) is 0 Å². The number of imide groups is 1. The Morgan fingerprint density at radius 2 is 1.76 bits per heavy atom. The van der Waals surface area contributed by atoms with Crippen LogP contribution in [0.5, 0.6) is 0 Å². The first-order chi connectivity index (χ1) is 8.19. The molecule has 0 atom stereocenters. The molecule has 0 bridgehead atoms. The van der Waals surface area contributed by atoms with Crippen molar-refractivity contribution in [3.8, 4) is 0 Å². The lowest BCUT2D eigenvalue weighted by atomic mass is 9.89. The second-order valence-electron chi connectivity index (χ2n) is 4.25. The summed E-state index contributed by atoms with van der Waals surface area (Å²) in [5.41, 5.74) is 2.12. The first kappa shape index (κ1) is 11.8. The summed E-state index contributed by atoms with van der Waals surface area (Å²) in [7, 11) is 1.65. The van der Waals surface area contributed by atoms with Crippen molar-refractivity contribution in [1.29, 1.82) is 0 Å². The molecule has 0 aromatic heterocycles. The summed E-state index contributed by atoms with van der Waals surface area (Å²) in [6, 6.07) is 7.86. The van der Waals surface area contributed by atoms with Crippen LogP contribution in [-0.4, -0.2) is 18.9 Å². The Hall–Kier alpha value is -1.68. The third kappa shape index (κ3) is 2.91. The predicted octanol–water partition coefficient (Wildman–Crippen LogP) is 1.35. The molecule has 1 N–H and O–H groups in total. The van der Waals surface area contributed by atoms with Crippen molar-refractivity contribution >= 4 is 11.8 Å². The van der Waals surface area contributed by atoms with Crippen LogP contribution in [0, 0.1) is 0 Å². The van der Waals surface area contributed by atoms with Crippen molar-refractivity contribution in [2.45, 2.75) is 25.4 Å². The molecule has 4 heteroatoms. The van der Waals surface area contributed by atoms with Crippen LogP contribution < -0.4 is 5.32 Å². The number of piperidine rings is 1. The Balaban J connectivity index is 2.11. The van der Waals surface area contributed by atoms with Gasteiger partial charge in [-0.2, -0.15) is 0 Å². The molecule has 0 spiro atoms. The molecule has 0 radical (unpaired) electrons. The zero-order valence-corrected chi connectivity index (χ0v) is 9.73. The van der Waals surface area contributed by atoms with Crippen LogP contribution in [0.15, 0.2) is 24.3 Å². The SMILES string of the molecule is COCc1ccc(C2CC(=O)NC(=O)C2)cc1. The van der Waals surface area contributed by atoms with Crippen molar-refractivity contribution in [1.82, 2.24) is 5.32 Å². The molecular formula is C13H15NO3. The van der Waals surface area contributed by atoms with E-state index in [2.05, 4.69) is 5.32 Å². The third-order valence-corrected chi connectivity index (χ3v) is 2.90. The number of hydrogen-bond donors (Lipinski definition) is 1. The van der Waals surface area contributed by atoms with E-state index in [1.165, 1.54) is 0 Å². The summed E-state index contributed by atoms with van der Waals surface area (Å²) in [4.78, 5) is 22.5. The molecule has 0 unspecified atom stereocenters. The van der Waals surface area contributed by atoms with E-state index in [-0.39, 0.29) is 17.7 Å². The Morgan fingerprint density at radius 3 is 2.29 bits per heavy atom. The van der Waals surface area contributed by atoms with E-state index in [0.29, 0.717) is 19.4 Å². The molecule has 2 rings (SSSR count). The van der Waals surface area contributed by atoms with Gasteiger partial charge in [-0.3, -0.25) is 14.9 Å². The van der Waals surface area contributed by atoms with Crippen molar-refractivity contribution in [3.63, 3.8) is 0 Å². The molecule has 1 aromatic carbocycles. The van der Waals surface area contributed by atoms with Gasteiger partial charge in [0.1, 0.15) is 0 Å². The van der Waals surface area contributed by atoms with Crippen LogP contribution >= 0.6 is 0 Å². The lowest BCUT2D eigenvalue weighted by Crippen LogP contribution is -2.37. The molecule has 4 nitrogen and oxygen atoms in total. The minimum Gasteiger partial charge on any atom is -0.380 e. The van der Waals surface area contributed by atoms with Crippen molar-refractivity contribution in [2.75, 3.05) is 7.11 Å². The molecule has 0 aliphatic carbocycles. The highest BCUT2D eigenvalue weighted by Crippen LogP contribution is 2.26. The van der Waals surface area contributed by atoms with Gasteiger partial charge in [-0.15, -0.1) is 0 Å². The number of benzene rings is 1. The molecule has 1 saturated heterocycles. The topological polar surface area (TPSA) is 55.4 Å². The van der Waals surface area contributed by atoms with E-state index in [1.807, 2.05) is 24.3 Å². The van der Waals surface area contributed by atoms with Crippen LogP contribution in [0.4, 0.5) is 0 Å². The monoisotopic (exact) mass is 233 g/mol. The Kier molecular flexibility index (Phi) is 3.54. The third-order valence-electron chi connectivity index (χ3n) is 2.90. The van der Waals surface area contributed by atoms with Gasteiger partial charge in [0.05, 0.1) is 6.61 Å². The molecule has 1 aromatic rings. The van der Waals surface area contributed by atoms with Gasteiger partial charge >= 0.3 is 0 Å². The number of carbonyl (C=O) groups is 2. The number of ether oxygens (including phenoxy) is 1. The number of hydrogen-bond acceptors (Lipinski definition) is 3.